The zero-order valence-corrected chi connectivity index (χ0v) is 8.64. The number of nitrogens with two attached hydrogens (primary N) is 1. The van der Waals surface area contributed by atoms with Crippen molar-refractivity contribution in [3.05, 3.63) is 23.5 Å². The van der Waals surface area contributed by atoms with Gasteiger partial charge in [-0.3, -0.25) is 0 Å². The van der Waals surface area contributed by atoms with Crippen LogP contribution in [-0.2, 0) is 4.84 Å². The Labute approximate surface area is 75.1 Å². The molecule has 0 aromatic carbocycles. The minimum Gasteiger partial charge on any atom is -0.416 e. The molecule has 0 amide bonds. The van der Waals surface area contributed by atoms with E-state index in [-0.39, 0.29) is 5.41 Å². The second kappa shape index (κ2) is 4.31. The molecule has 0 saturated heterocycles. The highest BCUT2D eigenvalue weighted by Gasteiger charge is 2.17. The fraction of sp³-hybridized carbons (Fsp3) is 0.600. The number of hydrogen-bond donors (Lipinski definition) is 1. The van der Waals surface area contributed by atoms with Crippen molar-refractivity contribution in [2.24, 2.45) is 11.3 Å². The molecule has 2 nitrogen and oxygen atoms in total. The molecule has 0 heterocycles. The van der Waals surface area contributed by atoms with Gasteiger partial charge in [-0.2, -0.15) is 5.90 Å². The van der Waals surface area contributed by atoms with Crippen LogP contribution in [-0.4, -0.2) is 0 Å². The van der Waals surface area contributed by atoms with Crippen LogP contribution in [0.1, 0.15) is 34.6 Å². The first-order chi connectivity index (χ1) is 5.43. The van der Waals surface area contributed by atoms with Crippen molar-refractivity contribution < 1.29 is 4.84 Å². The van der Waals surface area contributed by atoms with Crippen molar-refractivity contribution in [3.8, 4) is 0 Å². The molecule has 0 atom stereocenters. The summed E-state index contributed by atoms with van der Waals surface area (Å²) in [5.41, 5.74) is 1.21. The van der Waals surface area contributed by atoms with Crippen molar-refractivity contribution >= 4 is 0 Å². The fourth-order valence-corrected chi connectivity index (χ4v) is 1.13. The van der Waals surface area contributed by atoms with Gasteiger partial charge in [-0.25, -0.2) is 0 Å². The monoisotopic (exact) mass is 169 g/mol. The first-order valence-electron chi connectivity index (χ1n) is 4.14. The Morgan fingerprint density at radius 2 is 1.83 bits per heavy atom. The molecule has 0 aliphatic heterocycles. The molecule has 0 aromatic heterocycles. The highest BCUT2D eigenvalue weighted by atomic mass is 16.6. The lowest BCUT2D eigenvalue weighted by atomic mass is 9.85. The van der Waals surface area contributed by atoms with Gasteiger partial charge in [-0.05, 0) is 24.8 Å². The summed E-state index contributed by atoms with van der Waals surface area (Å²) in [5, 5.41) is 0. The van der Waals surface area contributed by atoms with E-state index in [2.05, 4.69) is 20.8 Å². The van der Waals surface area contributed by atoms with Crippen LogP contribution in [0.15, 0.2) is 23.5 Å². The molecule has 0 aliphatic carbocycles. The predicted molar refractivity (Wildman–Crippen MR) is 52.2 cm³/mol. The lowest BCUT2D eigenvalue weighted by Crippen LogP contribution is -2.12. The third-order valence-corrected chi connectivity index (χ3v) is 1.70. The minimum atomic E-state index is 0.0793. The quantitative estimate of drug-likeness (QED) is 0.392. The van der Waals surface area contributed by atoms with Crippen molar-refractivity contribution in [1.82, 2.24) is 0 Å². The van der Waals surface area contributed by atoms with Gasteiger partial charge in [0.15, 0.2) is 0 Å². The van der Waals surface area contributed by atoms with E-state index >= 15 is 0 Å². The summed E-state index contributed by atoms with van der Waals surface area (Å²) >= 11 is 0. The molecule has 0 radical (unpaired) electrons. The van der Waals surface area contributed by atoms with Crippen LogP contribution >= 0.6 is 0 Å². The van der Waals surface area contributed by atoms with Crippen LogP contribution in [0, 0.1) is 5.41 Å². The van der Waals surface area contributed by atoms with E-state index in [1.165, 1.54) is 0 Å². The van der Waals surface area contributed by atoms with Gasteiger partial charge < -0.3 is 4.84 Å². The standard InChI is InChI=1S/C10H19NO/c1-6-7-9(8(2)12-11)10(3,4)5/h6-7H,11H2,1-5H3/b7-6-,9-8+. The summed E-state index contributed by atoms with van der Waals surface area (Å²) in [6.07, 6.45) is 4.02. The van der Waals surface area contributed by atoms with Gasteiger partial charge in [0.1, 0.15) is 5.76 Å². The van der Waals surface area contributed by atoms with Gasteiger partial charge in [-0.1, -0.05) is 32.9 Å². The molecule has 0 rings (SSSR count). The Bertz CT molecular complexity index is 196. The van der Waals surface area contributed by atoms with Crippen LogP contribution in [0.5, 0.6) is 0 Å². The molecule has 70 valence electrons. The molecule has 0 saturated carbocycles. The summed E-state index contributed by atoms with van der Waals surface area (Å²) in [7, 11) is 0. The molecule has 0 unspecified atom stereocenters. The Morgan fingerprint density at radius 3 is 2.08 bits per heavy atom. The van der Waals surface area contributed by atoms with Crippen molar-refractivity contribution in [1.29, 1.82) is 0 Å². The maximum absolute atomic E-state index is 5.11. The first kappa shape index (κ1) is 11.2. The molecule has 0 aliphatic rings. The Morgan fingerprint density at radius 1 is 1.33 bits per heavy atom. The van der Waals surface area contributed by atoms with Crippen LogP contribution < -0.4 is 5.90 Å². The Hall–Kier alpha value is -0.760. The largest absolute Gasteiger partial charge is 0.416 e. The van der Waals surface area contributed by atoms with Crippen molar-refractivity contribution in [3.63, 3.8) is 0 Å². The van der Waals surface area contributed by atoms with E-state index in [4.69, 9.17) is 10.7 Å². The van der Waals surface area contributed by atoms with Gasteiger partial charge in [-0.15, -0.1) is 0 Å². The van der Waals surface area contributed by atoms with E-state index in [9.17, 15) is 0 Å². The zero-order chi connectivity index (χ0) is 9.78. The second-order valence-electron chi connectivity index (χ2n) is 3.84. The van der Waals surface area contributed by atoms with Crippen LogP contribution in [0.4, 0.5) is 0 Å². The van der Waals surface area contributed by atoms with E-state index in [1.807, 2.05) is 26.0 Å². The van der Waals surface area contributed by atoms with Gasteiger partial charge >= 0.3 is 0 Å². The first-order valence-corrected chi connectivity index (χ1v) is 4.14. The molecule has 0 spiro atoms. The van der Waals surface area contributed by atoms with Gasteiger partial charge in [0.2, 0.25) is 0 Å². The number of allylic oxidation sites excluding steroid dienone is 4. The molecule has 2 N–H and O–H groups in total. The molecular weight excluding hydrogens is 150 g/mol. The average molecular weight is 169 g/mol. The number of rotatable bonds is 2. The van der Waals surface area contributed by atoms with Crippen LogP contribution in [0.2, 0.25) is 0 Å². The summed E-state index contributed by atoms with van der Waals surface area (Å²) < 4.78 is 0. The van der Waals surface area contributed by atoms with Crippen molar-refractivity contribution in [2.75, 3.05) is 0 Å². The van der Waals surface area contributed by atoms with Crippen LogP contribution in [0.25, 0.3) is 0 Å². The topological polar surface area (TPSA) is 35.2 Å². The maximum atomic E-state index is 5.11. The maximum Gasteiger partial charge on any atom is 0.124 e. The minimum absolute atomic E-state index is 0.0793. The summed E-state index contributed by atoms with van der Waals surface area (Å²) in [6.45, 7) is 10.2. The highest BCUT2D eigenvalue weighted by Crippen LogP contribution is 2.28. The van der Waals surface area contributed by atoms with E-state index in [1.54, 1.807) is 0 Å². The van der Waals surface area contributed by atoms with Crippen LogP contribution in [0.3, 0.4) is 0 Å². The third kappa shape index (κ3) is 3.09. The molecule has 0 bridgehead atoms. The van der Waals surface area contributed by atoms with E-state index in [0.717, 1.165) is 11.3 Å². The summed E-state index contributed by atoms with van der Waals surface area (Å²) in [4.78, 5) is 4.72. The zero-order valence-electron chi connectivity index (χ0n) is 8.64. The lowest BCUT2D eigenvalue weighted by molar-refractivity contribution is 0.213. The Balaban J connectivity index is 4.92. The molecule has 12 heavy (non-hydrogen) atoms. The average Bonchev–Trinajstić information content (AvgIpc) is 1.96. The highest BCUT2D eigenvalue weighted by molar-refractivity contribution is 5.26. The smallest absolute Gasteiger partial charge is 0.124 e. The lowest BCUT2D eigenvalue weighted by Gasteiger charge is -2.21. The molecular formula is C10H19NO. The predicted octanol–water partition coefficient (Wildman–Crippen LogP) is 2.77. The van der Waals surface area contributed by atoms with E-state index in [0.29, 0.717) is 0 Å². The number of hydrogen-bond acceptors (Lipinski definition) is 2. The molecule has 0 fully saturated rings. The Kier molecular flexibility index (Phi) is 4.04. The third-order valence-electron chi connectivity index (χ3n) is 1.70. The van der Waals surface area contributed by atoms with Gasteiger partial charge in [0.25, 0.3) is 0 Å². The molecule has 2 heteroatoms. The SMILES string of the molecule is C/C=C\C(=C(\C)ON)C(C)(C)C. The molecule has 0 aromatic rings. The second-order valence-corrected chi connectivity index (χ2v) is 3.84. The van der Waals surface area contributed by atoms with Crippen molar-refractivity contribution in [2.45, 2.75) is 34.6 Å². The summed E-state index contributed by atoms with van der Waals surface area (Å²) in [5.74, 6) is 5.89. The van der Waals surface area contributed by atoms with Gasteiger partial charge in [0, 0.05) is 0 Å². The van der Waals surface area contributed by atoms with Gasteiger partial charge in [0.05, 0.1) is 0 Å². The summed E-state index contributed by atoms with van der Waals surface area (Å²) in [6, 6.07) is 0. The van der Waals surface area contributed by atoms with E-state index < -0.39 is 0 Å². The normalized spacial score (nSPS) is 14.8. The fourth-order valence-electron chi connectivity index (χ4n) is 1.13.